The Morgan fingerprint density at radius 2 is 1.94 bits per heavy atom. The van der Waals surface area contributed by atoms with Crippen molar-refractivity contribution in [2.24, 2.45) is 5.73 Å². The molecule has 0 aliphatic heterocycles. The molecule has 3 nitrogen and oxygen atoms in total. The first-order valence-electron chi connectivity index (χ1n) is 5.52. The van der Waals surface area contributed by atoms with Crippen molar-refractivity contribution in [2.45, 2.75) is 25.8 Å². The van der Waals surface area contributed by atoms with Gasteiger partial charge in [0.15, 0.2) is 0 Å². The van der Waals surface area contributed by atoms with E-state index >= 15 is 0 Å². The number of nitrogens with two attached hydrogens (primary N) is 1. The summed E-state index contributed by atoms with van der Waals surface area (Å²) >= 11 is 3.43. The highest BCUT2D eigenvalue weighted by Crippen LogP contribution is 2.18. The second-order valence-corrected chi connectivity index (χ2v) is 5.81. The quantitative estimate of drug-likeness (QED) is 0.946. The molecular formula is C13H16BrN3. The number of hydrogen-bond donors (Lipinski definition) is 1. The fourth-order valence-corrected chi connectivity index (χ4v) is 2.02. The van der Waals surface area contributed by atoms with Crippen LogP contribution >= 0.6 is 15.9 Å². The minimum Gasteiger partial charge on any atom is -0.325 e. The number of benzene rings is 1. The Morgan fingerprint density at radius 1 is 1.29 bits per heavy atom. The maximum absolute atomic E-state index is 6.05. The van der Waals surface area contributed by atoms with Gasteiger partial charge < -0.3 is 10.3 Å². The Labute approximate surface area is 110 Å². The first-order valence-corrected chi connectivity index (χ1v) is 6.31. The van der Waals surface area contributed by atoms with Gasteiger partial charge in [0, 0.05) is 34.0 Å². The molecule has 1 aromatic carbocycles. The Kier molecular flexibility index (Phi) is 3.35. The summed E-state index contributed by atoms with van der Waals surface area (Å²) in [6.07, 6.45) is 4.49. The monoisotopic (exact) mass is 293 g/mol. The maximum atomic E-state index is 6.05. The second-order valence-electron chi connectivity index (χ2n) is 4.90. The molecule has 0 saturated heterocycles. The van der Waals surface area contributed by atoms with Crippen LogP contribution in [0.4, 0.5) is 0 Å². The summed E-state index contributed by atoms with van der Waals surface area (Å²) < 4.78 is 3.14. The molecule has 0 spiro atoms. The maximum Gasteiger partial charge on any atom is 0.0994 e. The topological polar surface area (TPSA) is 43.8 Å². The zero-order valence-corrected chi connectivity index (χ0v) is 11.6. The molecule has 1 aromatic heterocycles. The molecule has 1 heterocycles. The highest BCUT2D eigenvalue weighted by Gasteiger charge is 2.15. The van der Waals surface area contributed by atoms with Gasteiger partial charge in [0.05, 0.1) is 6.33 Å². The van der Waals surface area contributed by atoms with Gasteiger partial charge in [0.2, 0.25) is 0 Å². The number of halogens is 1. The third kappa shape index (κ3) is 3.17. The molecule has 0 fully saturated rings. The molecular weight excluding hydrogens is 278 g/mol. The molecule has 4 heteroatoms. The Bertz CT molecular complexity index is 494. The molecule has 0 unspecified atom stereocenters. The zero-order chi connectivity index (χ0) is 12.5. The van der Waals surface area contributed by atoms with E-state index in [0.717, 1.165) is 22.3 Å². The third-order valence-corrected chi connectivity index (χ3v) is 2.99. The molecule has 0 saturated carbocycles. The summed E-state index contributed by atoms with van der Waals surface area (Å²) in [5.41, 5.74) is 8.05. The van der Waals surface area contributed by atoms with E-state index in [9.17, 15) is 0 Å². The van der Waals surface area contributed by atoms with Gasteiger partial charge >= 0.3 is 0 Å². The van der Waals surface area contributed by atoms with E-state index in [1.54, 1.807) is 0 Å². The van der Waals surface area contributed by atoms with Crippen molar-refractivity contribution in [3.63, 3.8) is 0 Å². The van der Waals surface area contributed by atoms with Gasteiger partial charge in [-0.05, 0) is 38.1 Å². The van der Waals surface area contributed by atoms with Crippen LogP contribution in [0.25, 0.3) is 5.69 Å². The standard InChI is InChI=1S/C13H16BrN3/c1-13(2,15)7-12-8-16-9-17(12)11-5-3-10(14)4-6-11/h3-6,8-9H,7,15H2,1-2H3. The van der Waals surface area contributed by atoms with Crippen molar-refractivity contribution in [1.82, 2.24) is 9.55 Å². The van der Waals surface area contributed by atoms with Crippen molar-refractivity contribution >= 4 is 15.9 Å². The van der Waals surface area contributed by atoms with Crippen LogP contribution in [0, 0.1) is 0 Å². The molecule has 2 N–H and O–H groups in total. The van der Waals surface area contributed by atoms with Gasteiger partial charge in [-0.1, -0.05) is 15.9 Å². The summed E-state index contributed by atoms with van der Waals surface area (Å²) in [6.45, 7) is 4.04. The van der Waals surface area contributed by atoms with Crippen LogP contribution in [-0.2, 0) is 6.42 Å². The Morgan fingerprint density at radius 3 is 2.53 bits per heavy atom. The molecule has 0 aliphatic rings. The first-order chi connectivity index (χ1) is 7.96. The van der Waals surface area contributed by atoms with Gasteiger partial charge in [-0.25, -0.2) is 4.98 Å². The smallest absolute Gasteiger partial charge is 0.0994 e. The van der Waals surface area contributed by atoms with E-state index in [2.05, 4.69) is 37.6 Å². The normalized spacial score (nSPS) is 11.8. The van der Waals surface area contributed by atoms with Crippen molar-refractivity contribution in [3.05, 3.63) is 47.0 Å². The highest BCUT2D eigenvalue weighted by atomic mass is 79.9. The van der Waals surface area contributed by atoms with Crippen molar-refractivity contribution in [1.29, 1.82) is 0 Å². The molecule has 0 aliphatic carbocycles. The van der Waals surface area contributed by atoms with E-state index in [4.69, 9.17) is 5.73 Å². The summed E-state index contributed by atoms with van der Waals surface area (Å²) in [6, 6.07) is 8.15. The highest BCUT2D eigenvalue weighted by molar-refractivity contribution is 9.10. The van der Waals surface area contributed by atoms with E-state index < -0.39 is 0 Å². The average Bonchev–Trinajstić information content (AvgIpc) is 2.64. The minimum absolute atomic E-state index is 0.229. The van der Waals surface area contributed by atoms with Crippen LogP contribution in [0.2, 0.25) is 0 Å². The fourth-order valence-electron chi connectivity index (χ4n) is 1.75. The van der Waals surface area contributed by atoms with Crippen molar-refractivity contribution in [2.75, 3.05) is 0 Å². The lowest BCUT2D eigenvalue weighted by Crippen LogP contribution is -2.35. The number of rotatable bonds is 3. The lowest BCUT2D eigenvalue weighted by molar-refractivity contribution is 0.506. The van der Waals surface area contributed by atoms with Gasteiger partial charge in [-0.15, -0.1) is 0 Å². The van der Waals surface area contributed by atoms with Crippen LogP contribution in [0.1, 0.15) is 19.5 Å². The summed E-state index contributed by atoms with van der Waals surface area (Å²) in [4.78, 5) is 4.20. The molecule has 0 amide bonds. The lowest BCUT2D eigenvalue weighted by atomic mass is 10.0. The summed E-state index contributed by atoms with van der Waals surface area (Å²) in [5, 5.41) is 0. The van der Waals surface area contributed by atoms with Crippen LogP contribution < -0.4 is 5.73 Å². The molecule has 0 radical (unpaired) electrons. The van der Waals surface area contributed by atoms with Crippen LogP contribution in [0.15, 0.2) is 41.3 Å². The minimum atomic E-state index is -0.229. The second kappa shape index (κ2) is 4.63. The number of nitrogens with zero attached hydrogens (tertiary/aromatic N) is 2. The van der Waals surface area contributed by atoms with Crippen molar-refractivity contribution in [3.8, 4) is 5.69 Å². The SMILES string of the molecule is CC(C)(N)Cc1cncn1-c1ccc(Br)cc1. The molecule has 0 bridgehead atoms. The zero-order valence-electron chi connectivity index (χ0n) is 10.0. The van der Waals surface area contributed by atoms with Gasteiger partial charge in [-0.3, -0.25) is 0 Å². The molecule has 2 aromatic rings. The number of hydrogen-bond acceptors (Lipinski definition) is 2. The van der Waals surface area contributed by atoms with Gasteiger partial charge in [-0.2, -0.15) is 0 Å². The van der Waals surface area contributed by atoms with Gasteiger partial charge in [0.25, 0.3) is 0 Å². The lowest BCUT2D eigenvalue weighted by Gasteiger charge is -2.19. The number of imidazole rings is 1. The summed E-state index contributed by atoms with van der Waals surface area (Å²) in [5.74, 6) is 0. The summed E-state index contributed by atoms with van der Waals surface area (Å²) in [7, 11) is 0. The van der Waals surface area contributed by atoms with Crippen LogP contribution in [0.3, 0.4) is 0 Å². The molecule has 90 valence electrons. The van der Waals surface area contributed by atoms with Gasteiger partial charge in [0.1, 0.15) is 0 Å². The fraction of sp³-hybridized carbons (Fsp3) is 0.308. The first kappa shape index (κ1) is 12.3. The van der Waals surface area contributed by atoms with Crippen LogP contribution in [-0.4, -0.2) is 15.1 Å². The Balaban J connectivity index is 2.33. The Hall–Kier alpha value is -1.13. The predicted octanol–water partition coefficient (Wildman–Crippen LogP) is 2.91. The third-order valence-electron chi connectivity index (χ3n) is 2.46. The van der Waals surface area contributed by atoms with E-state index in [-0.39, 0.29) is 5.54 Å². The van der Waals surface area contributed by atoms with Crippen LogP contribution in [0.5, 0.6) is 0 Å². The molecule has 2 rings (SSSR count). The van der Waals surface area contributed by atoms with Crippen molar-refractivity contribution < 1.29 is 0 Å². The molecule has 17 heavy (non-hydrogen) atoms. The van der Waals surface area contributed by atoms with E-state index in [1.165, 1.54) is 0 Å². The average molecular weight is 294 g/mol. The number of aromatic nitrogens is 2. The predicted molar refractivity (Wildman–Crippen MR) is 73.2 cm³/mol. The van der Waals surface area contributed by atoms with E-state index in [1.807, 2.05) is 38.5 Å². The largest absolute Gasteiger partial charge is 0.325 e. The molecule has 0 atom stereocenters. The van der Waals surface area contributed by atoms with E-state index in [0.29, 0.717) is 0 Å².